The van der Waals surface area contributed by atoms with E-state index >= 15 is 0 Å². The average Bonchev–Trinajstić information content (AvgIpc) is 2.90. The summed E-state index contributed by atoms with van der Waals surface area (Å²) in [7, 11) is -2.00. The standard InChI is InChI=1S/C10H13N5O2S/c1-11-18(16,17)9-4-2-8(3-5-9)12-6-10-13-7-14-15-10/h2-5,7,11-12H,6H2,1H3,(H,13,14,15). The molecule has 2 aromatic rings. The average molecular weight is 267 g/mol. The van der Waals surface area contributed by atoms with Gasteiger partial charge in [-0.25, -0.2) is 18.1 Å². The molecule has 0 aliphatic rings. The van der Waals surface area contributed by atoms with Gasteiger partial charge in [-0.2, -0.15) is 5.10 Å². The molecule has 3 N–H and O–H groups in total. The lowest BCUT2D eigenvalue weighted by molar-refractivity contribution is 0.588. The van der Waals surface area contributed by atoms with Crippen LogP contribution in [0.3, 0.4) is 0 Å². The van der Waals surface area contributed by atoms with Gasteiger partial charge in [0.15, 0.2) is 0 Å². The van der Waals surface area contributed by atoms with E-state index in [1.54, 1.807) is 12.1 Å². The summed E-state index contributed by atoms with van der Waals surface area (Å²) in [4.78, 5) is 4.20. The topological polar surface area (TPSA) is 99.8 Å². The molecule has 0 bridgehead atoms. The Morgan fingerprint density at radius 3 is 2.56 bits per heavy atom. The molecule has 2 rings (SSSR count). The summed E-state index contributed by atoms with van der Waals surface area (Å²) in [5.74, 6) is 0.710. The van der Waals surface area contributed by atoms with Gasteiger partial charge in [-0.05, 0) is 31.3 Å². The molecule has 0 saturated heterocycles. The summed E-state index contributed by atoms with van der Waals surface area (Å²) >= 11 is 0. The molecule has 0 amide bonds. The minimum absolute atomic E-state index is 0.232. The number of nitrogens with zero attached hydrogens (tertiary/aromatic N) is 2. The number of aromatic nitrogens is 3. The number of nitrogens with one attached hydrogen (secondary N) is 3. The Kier molecular flexibility index (Phi) is 3.58. The molecule has 1 aromatic heterocycles. The van der Waals surface area contributed by atoms with Crippen LogP contribution in [0.1, 0.15) is 5.82 Å². The molecule has 0 saturated carbocycles. The maximum Gasteiger partial charge on any atom is 0.240 e. The summed E-state index contributed by atoms with van der Waals surface area (Å²) in [6.07, 6.45) is 1.43. The van der Waals surface area contributed by atoms with Gasteiger partial charge in [-0.3, -0.25) is 5.10 Å². The molecule has 0 atom stereocenters. The van der Waals surface area contributed by atoms with Crippen LogP contribution in [0.15, 0.2) is 35.5 Å². The molecule has 1 heterocycles. The molecule has 0 spiro atoms. The van der Waals surface area contributed by atoms with Crippen molar-refractivity contribution in [2.75, 3.05) is 12.4 Å². The molecule has 0 aliphatic carbocycles. The summed E-state index contributed by atoms with van der Waals surface area (Å²) in [6, 6.07) is 6.46. The third-order valence-corrected chi connectivity index (χ3v) is 3.79. The van der Waals surface area contributed by atoms with Gasteiger partial charge in [-0.15, -0.1) is 0 Å². The Hall–Kier alpha value is -1.93. The van der Waals surface area contributed by atoms with Gasteiger partial charge in [0.25, 0.3) is 0 Å². The number of rotatable bonds is 5. The van der Waals surface area contributed by atoms with E-state index in [0.29, 0.717) is 12.4 Å². The van der Waals surface area contributed by atoms with Gasteiger partial charge in [0.1, 0.15) is 12.2 Å². The van der Waals surface area contributed by atoms with Crippen molar-refractivity contribution in [2.24, 2.45) is 0 Å². The van der Waals surface area contributed by atoms with Crippen molar-refractivity contribution in [1.29, 1.82) is 0 Å². The number of H-pyrrole nitrogens is 1. The van der Waals surface area contributed by atoms with E-state index in [1.807, 2.05) is 0 Å². The Labute approximate surface area is 105 Å². The van der Waals surface area contributed by atoms with Crippen LogP contribution in [0.25, 0.3) is 0 Å². The van der Waals surface area contributed by atoms with Crippen molar-refractivity contribution in [3.05, 3.63) is 36.4 Å². The first-order valence-corrected chi connectivity index (χ1v) is 6.72. The maximum atomic E-state index is 11.5. The fourth-order valence-corrected chi connectivity index (χ4v) is 2.10. The van der Waals surface area contributed by atoms with E-state index in [2.05, 4.69) is 25.2 Å². The van der Waals surface area contributed by atoms with Crippen molar-refractivity contribution >= 4 is 15.7 Å². The van der Waals surface area contributed by atoms with Crippen LogP contribution in [-0.4, -0.2) is 30.6 Å². The lowest BCUT2D eigenvalue weighted by Crippen LogP contribution is -2.18. The Morgan fingerprint density at radius 1 is 1.28 bits per heavy atom. The Balaban J connectivity index is 2.04. The summed E-state index contributed by atoms with van der Waals surface area (Å²) in [5.41, 5.74) is 0.807. The van der Waals surface area contributed by atoms with E-state index < -0.39 is 10.0 Å². The van der Waals surface area contributed by atoms with E-state index in [1.165, 1.54) is 25.5 Å². The first-order valence-electron chi connectivity index (χ1n) is 5.23. The molecule has 0 aliphatic heterocycles. The summed E-state index contributed by atoms with van der Waals surface area (Å²) < 4.78 is 25.3. The zero-order valence-electron chi connectivity index (χ0n) is 9.71. The van der Waals surface area contributed by atoms with E-state index in [4.69, 9.17) is 0 Å². The Bertz CT molecular complexity index is 592. The van der Waals surface area contributed by atoms with Crippen molar-refractivity contribution in [2.45, 2.75) is 11.4 Å². The highest BCUT2D eigenvalue weighted by atomic mass is 32.2. The van der Waals surface area contributed by atoms with Crippen LogP contribution in [0.4, 0.5) is 5.69 Å². The molecule has 8 heteroatoms. The van der Waals surface area contributed by atoms with Gasteiger partial charge in [0, 0.05) is 5.69 Å². The molecule has 1 aromatic carbocycles. The van der Waals surface area contributed by atoms with Crippen molar-refractivity contribution in [3.63, 3.8) is 0 Å². The number of hydrogen-bond acceptors (Lipinski definition) is 5. The monoisotopic (exact) mass is 267 g/mol. The minimum Gasteiger partial charge on any atom is -0.378 e. The lowest BCUT2D eigenvalue weighted by atomic mass is 10.3. The first-order chi connectivity index (χ1) is 8.62. The van der Waals surface area contributed by atoms with Gasteiger partial charge in [0.2, 0.25) is 10.0 Å². The predicted molar refractivity (Wildman–Crippen MR) is 66.4 cm³/mol. The maximum absolute atomic E-state index is 11.5. The molecular weight excluding hydrogens is 254 g/mol. The number of anilines is 1. The van der Waals surface area contributed by atoms with Crippen LogP contribution in [0.5, 0.6) is 0 Å². The van der Waals surface area contributed by atoms with E-state index in [0.717, 1.165) is 5.69 Å². The second-order valence-corrected chi connectivity index (χ2v) is 5.40. The number of sulfonamides is 1. The highest BCUT2D eigenvalue weighted by Crippen LogP contribution is 2.13. The van der Waals surface area contributed by atoms with Gasteiger partial charge < -0.3 is 5.32 Å². The van der Waals surface area contributed by atoms with Crippen LogP contribution >= 0.6 is 0 Å². The number of benzene rings is 1. The van der Waals surface area contributed by atoms with Crippen molar-refractivity contribution < 1.29 is 8.42 Å². The summed E-state index contributed by atoms with van der Waals surface area (Å²) in [6.45, 7) is 0.498. The van der Waals surface area contributed by atoms with Gasteiger partial charge in [-0.1, -0.05) is 0 Å². The molecule has 7 nitrogen and oxygen atoms in total. The molecule has 0 fully saturated rings. The summed E-state index contributed by atoms with van der Waals surface area (Å²) in [5, 5.41) is 9.55. The molecule has 96 valence electrons. The normalized spacial score (nSPS) is 11.4. The van der Waals surface area contributed by atoms with Crippen LogP contribution in [0.2, 0.25) is 0 Å². The molecular formula is C10H13N5O2S. The third-order valence-electron chi connectivity index (χ3n) is 2.36. The molecule has 18 heavy (non-hydrogen) atoms. The van der Waals surface area contributed by atoms with Crippen molar-refractivity contribution in [1.82, 2.24) is 19.9 Å². The van der Waals surface area contributed by atoms with Crippen molar-refractivity contribution in [3.8, 4) is 0 Å². The van der Waals surface area contributed by atoms with E-state index in [-0.39, 0.29) is 4.90 Å². The van der Waals surface area contributed by atoms with Crippen LogP contribution in [0, 0.1) is 0 Å². The lowest BCUT2D eigenvalue weighted by Gasteiger charge is -2.06. The number of hydrogen-bond donors (Lipinski definition) is 3. The predicted octanol–water partition coefficient (Wildman–Crippen LogP) is 0.325. The second kappa shape index (κ2) is 5.15. The molecule has 0 radical (unpaired) electrons. The largest absolute Gasteiger partial charge is 0.378 e. The van der Waals surface area contributed by atoms with Gasteiger partial charge in [0.05, 0.1) is 11.4 Å². The number of aromatic amines is 1. The second-order valence-electron chi connectivity index (χ2n) is 3.52. The van der Waals surface area contributed by atoms with Crippen LogP contribution in [-0.2, 0) is 16.6 Å². The zero-order valence-corrected chi connectivity index (χ0v) is 10.5. The minimum atomic E-state index is -3.38. The molecule has 0 unspecified atom stereocenters. The van der Waals surface area contributed by atoms with E-state index in [9.17, 15) is 8.42 Å². The smallest absolute Gasteiger partial charge is 0.240 e. The fraction of sp³-hybridized carbons (Fsp3) is 0.200. The van der Waals surface area contributed by atoms with Crippen LogP contribution < -0.4 is 10.0 Å². The highest BCUT2D eigenvalue weighted by Gasteiger charge is 2.10. The Morgan fingerprint density at radius 2 is 2.00 bits per heavy atom. The quantitative estimate of drug-likeness (QED) is 0.724. The highest BCUT2D eigenvalue weighted by molar-refractivity contribution is 7.89. The zero-order chi connectivity index (χ0) is 13.0. The first kappa shape index (κ1) is 12.5. The third kappa shape index (κ3) is 2.84. The SMILES string of the molecule is CNS(=O)(=O)c1ccc(NCc2ncn[nH]2)cc1. The fourth-order valence-electron chi connectivity index (χ4n) is 1.37. The van der Waals surface area contributed by atoms with Gasteiger partial charge >= 0.3 is 0 Å².